The Morgan fingerprint density at radius 1 is 1.47 bits per heavy atom. The van der Waals surface area contributed by atoms with E-state index < -0.39 is 6.16 Å². The molecule has 0 saturated carbocycles. The molecule has 0 aromatic heterocycles. The molecule has 4 heteroatoms. The summed E-state index contributed by atoms with van der Waals surface area (Å²) in [5.74, 6) is -0.159. The van der Waals surface area contributed by atoms with Crippen LogP contribution in [0, 0.1) is 0 Å². The second kappa shape index (κ2) is 5.24. The van der Waals surface area contributed by atoms with Crippen molar-refractivity contribution in [2.24, 2.45) is 0 Å². The van der Waals surface area contributed by atoms with Gasteiger partial charge >= 0.3 is 6.16 Å². The largest absolute Gasteiger partial charge is 0.511 e. The SMILES string of the molecule is CCCCc1ccc(O)c(OC(=O)O)c1. The number of phenolic OH excluding ortho intramolecular Hbond substituents is 1. The molecule has 2 N–H and O–H groups in total. The molecule has 0 fully saturated rings. The predicted octanol–water partition coefficient (Wildman–Crippen LogP) is 2.79. The van der Waals surface area contributed by atoms with Crippen molar-refractivity contribution in [3.05, 3.63) is 23.8 Å². The van der Waals surface area contributed by atoms with Crippen LogP contribution in [0.3, 0.4) is 0 Å². The zero-order valence-corrected chi connectivity index (χ0v) is 8.56. The molecule has 0 spiro atoms. The molecule has 82 valence electrons. The fraction of sp³-hybridized carbons (Fsp3) is 0.364. The van der Waals surface area contributed by atoms with E-state index >= 15 is 0 Å². The molecular weight excluding hydrogens is 196 g/mol. The molecule has 1 aromatic carbocycles. The normalized spacial score (nSPS) is 9.93. The quantitative estimate of drug-likeness (QED) is 0.592. The summed E-state index contributed by atoms with van der Waals surface area (Å²) in [7, 11) is 0. The van der Waals surface area contributed by atoms with E-state index in [1.807, 2.05) is 0 Å². The number of ether oxygens (including phenoxy) is 1. The number of phenols is 1. The van der Waals surface area contributed by atoms with Gasteiger partial charge in [-0.3, -0.25) is 0 Å². The smallest absolute Gasteiger partial charge is 0.504 e. The van der Waals surface area contributed by atoms with Gasteiger partial charge in [-0.15, -0.1) is 0 Å². The lowest BCUT2D eigenvalue weighted by Crippen LogP contribution is -2.03. The second-order valence-corrected chi connectivity index (χ2v) is 3.27. The molecule has 0 aliphatic rings. The van der Waals surface area contributed by atoms with Crippen molar-refractivity contribution in [3.63, 3.8) is 0 Å². The average molecular weight is 210 g/mol. The number of hydrogen-bond donors (Lipinski definition) is 2. The first-order valence-electron chi connectivity index (χ1n) is 4.86. The maximum atomic E-state index is 10.3. The fourth-order valence-corrected chi connectivity index (χ4v) is 1.27. The van der Waals surface area contributed by atoms with Crippen LogP contribution in [0.5, 0.6) is 11.5 Å². The summed E-state index contributed by atoms with van der Waals surface area (Å²) in [5.41, 5.74) is 0.964. The minimum absolute atomic E-state index is 0.00361. The second-order valence-electron chi connectivity index (χ2n) is 3.27. The van der Waals surface area contributed by atoms with Crippen LogP contribution in [0.4, 0.5) is 4.79 Å². The highest BCUT2D eigenvalue weighted by Gasteiger charge is 2.07. The molecule has 0 radical (unpaired) electrons. The van der Waals surface area contributed by atoms with Crippen molar-refractivity contribution in [1.82, 2.24) is 0 Å². The number of unbranched alkanes of at least 4 members (excludes halogenated alkanes) is 1. The molecule has 0 atom stereocenters. The van der Waals surface area contributed by atoms with Crippen molar-refractivity contribution < 1.29 is 19.7 Å². The molecule has 0 aliphatic heterocycles. The first-order chi connectivity index (χ1) is 7.13. The molecule has 15 heavy (non-hydrogen) atoms. The first kappa shape index (κ1) is 11.4. The van der Waals surface area contributed by atoms with Crippen LogP contribution in [0.15, 0.2) is 18.2 Å². The summed E-state index contributed by atoms with van der Waals surface area (Å²) in [5, 5.41) is 17.7. The zero-order chi connectivity index (χ0) is 11.3. The Morgan fingerprint density at radius 2 is 2.20 bits per heavy atom. The molecule has 0 heterocycles. The van der Waals surface area contributed by atoms with E-state index in [0.717, 1.165) is 24.8 Å². The maximum Gasteiger partial charge on any atom is 0.511 e. The minimum atomic E-state index is -1.42. The van der Waals surface area contributed by atoms with Gasteiger partial charge in [-0.25, -0.2) is 4.79 Å². The van der Waals surface area contributed by atoms with Crippen LogP contribution >= 0.6 is 0 Å². The van der Waals surface area contributed by atoms with Crippen molar-refractivity contribution in [2.45, 2.75) is 26.2 Å². The predicted molar refractivity (Wildman–Crippen MR) is 55.4 cm³/mol. The minimum Gasteiger partial charge on any atom is -0.504 e. The van der Waals surface area contributed by atoms with Crippen LogP contribution < -0.4 is 4.74 Å². The van der Waals surface area contributed by atoms with Gasteiger partial charge in [0, 0.05) is 0 Å². The van der Waals surface area contributed by atoms with Gasteiger partial charge in [0.1, 0.15) is 0 Å². The number of hydrogen-bond acceptors (Lipinski definition) is 3. The van der Waals surface area contributed by atoms with Crippen molar-refractivity contribution in [2.75, 3.05) is 0 Å². The number of aryl methyl sites for hydroxylation is 1. The van der Waals surface area contributed by atoms with E-state index in [1.165, 1.54) is 6.07 Å². The fourth-order valence-electron chi connectivity index (χ4n) is 1.27. The average Bonchev–Trinajstić information content (AvgIpc) is 2.18. The highest BCUT2D eigenvalue weighted by Crippen LogP contribution is 2.27. The standard InChI is InChI=1S/C11H14O4/c1-2-3-4-8-5-6-9(12)10(7-8)15-11(13)14/h5-7,12H,2-4H2,1H3,(H,13,14). The Labute approximate surface area is 88.1 Å². The van der Waals surface area contributed by atoms with Crippen LogP contribution in [-0.2, 0) is 6.42 Å². The lowest BCUT2D eigenvalue weighted by Gasteiger charge is -2.05. The van der Waals surface area contributed by atoms with E-state index in [1.54, 1.807) is 12.1 Å². The van der Waals surface area contributed by atoms with Crippen LogP contribution in [-0.4, -0.2) is 16.4 Å². The highest BCUT2D eigenvalue weighted by atomic mass is 16.7. The Balaban J connectivity index is 2.80. The van der Waals surface area contributed by atoms with Gasteiger partial charge in [0.2, 0.25) is 0 Å². The summed E-state index contributed by atoms with van der Waals surface area (Å²) in [6.45, 7) is 2.08. The zero-order valence-electron chi connectivity index (χ0n) is 8.56. The third kappa shape index (κ3) is 3.50. The summed E-state index contributed by atoms with van der Waals surface area (Å²) < 4.78 is 4.43. The van der Waals surface area contributed by atoms with Gasteiger partial charge in [0.25, 0.3) is 0 Å². The number of carbonyl (C=O) groups is 1. The molecular formula is C11H14O4. The molecule has 4 nitrogen and oxygen atoms in total. The van der Waals surface area contributed by atoms with Gasteiger partial charge in [0.15, 0.2) is 11.5 Å². The number of rotatable bonds is 4. The van der Waals surface area contributed by atoms with E-state index in [9.17, 15) is 9.90 Å². The lowest BCUT2D eigenvalue weighted by atomic mass is 10.1. The third-order valence-corrected chi connectivity index (χ3v) is 2.04. The Morgan fingerprint density at radius 3 is 2.80 bits per heavy atom. The van der Waals surface area contributed by atoms with Gasteiger partial charge in [-0.05, 0) is 30.5 Å². The molecule has 0 amide bonds. The van der Waals surface area contributed by atoms with Crippen molar-refractivity contribution in [3.8, 4) is 11.5 Å². The highest BCUT2D eigenvalue weighted by molar-refractivity contribution is 5.63. The Hall–Kier alpha value is -1.71. The van der Waals surface area contributed by atoms with Crippen LogP contribution in [0.2, 0.25) is 0 Å². The third-order valence-electron chi connectivity index (χ3n) is 2.04. The lowest BCUT2D eigenvalue weighted by molar-refractivity contribution is 0.143. The Kier molecular flexibility index (Phi) is 3.97. The Bertz CT molecular complexity index is 346. The van der Waals surface area contributed by atoms with Gasteiger partial charge in [0.05, 0.1) is 0 Å². The van der Waals surface area contributed by atoms with E-state index in [4.69, 9.17) is 5.11 Å². The first-order valence-corrected chi connectivity index (χ1v) is 4.86. The maximum absolute atomic E-state index is 10.3. The summed E-state index contributed by atoms with van der Waals surface area (Å²) in [6.07, 6.45) is 1.53. The number of aromatic hydroxyl groups is 1. The van der Waals surface area contributed by atoms with Gasteiger partial charge in [-0.1, -0.05) is 19.4 Å². The molecule has 0 aliphatic carbocycles. The van der Waals surface area contributed by atoms with Gasteiger partial charge in [-0.2, -0.15) is 0 Å². The van der Waals surface area contributed by atoms with Crippen LogP contribution in [0.1, 0.15) is 25.3 Å². The summed E-state index contributed by atoms with van der Waals surface area (Å²) >= 11 is 0. The monoisotopic (exact) mass is 210 g/mol. The molecule has 1 rings (SSSR count). The molecule has 0 unspecified atom stereocenters. The van der Waals surface area contributed by atoms with Gasteiger partial charge < -0.3 is 14.9 Å². The molecule has 1 aromatic rings. The van der Waals surface area contributed by atoms with E-state index in [-0.39, 0.29) is 11.5 Å². The van der Waals surface area contributed by atoms with E-state index in [2.05, 4.69) is 11.7 Å². The number of carboxylic acid groups (broad SMARTS) is 1. The van der Waals surface area contributed by atoms with E-state index in [0.29, 0.717) is 0 Å². The van der Waals surface area contributed by atoms with Crippen LogP contribution in [0.25, 0.3) is 0 Å². The summed E-state index contributed by atoms with van der Waals surface area (Å²) in [4.78, 5) is 10.3. The van der Waals surface area contributed by atoms with Crippen molar-refractivity contribution >= 4 is 6.16 Å². The van der Waals surface area contributed by atoms with Crippen molar-refractivity contribution in [1.29, 1.82) is 0 Å². The molecule has 0 bridgehead atoms. The molecule has 0 saturated heterocycles. The topological polar surface area (TPSA) is 66.8 Å². The number of benzene rings is 1. The summed E-state index contributed by atoms with van der Waals surface area (Å²) in [6, 6.07) is 4.77.